The van der Waals surface area contributed by atoms with Crippen molar-refractivity contribution in [2.45, 2.75) is 32.7 Å². The Balaban J connectivity index is 2.67. The SMILES string of the molecule is CC(C)[C@@H](N)C1(CO)CC=CC1. The minimum absolute atomic E-state index is 0.0613. The van der Waals surface area contributed by atoms with Gasteiger partial charge >= 0.3 is 0 Å². The van der Waals surface area contributed by atoms with Crippen molar-refractivity contribution in [3.63, 3.8) is 0 Å². The van der Waals surface area contributed by atoms with Gasteiger partial charge in [-0.2, -0.15) is 0 Å². The summed E-state index contributed by atoms with van der Waals surface area (Å²) < 4.78 is 0. The van der Waals surface area contributed by atoms with E-state index >= 15 is 0 Å². The first-order valence-corrected chi connectivity index (χ1v) is 4.64. The Morgan fingerprint density at radius 3 is 2.25 bits per heavy atom. The van der Waals surface area contributed by atoms with Gasteiger partial charge in [-0.25, -0.2) is 0 Å². The molecular weight excluding hydrogens is 150 g/mol. The van der Waals surface area contributed by atoms with E-state index in [1.807, 2.05) is 0 Å². The Labute approximate surface area is 74.5 Å². The Kier molecular flexibility index (Phi) is 2.91. The van der Waals surface area contributed by atoms with Gasteiger partial charge in [0.15, 0.2) is 0 Å². The van der Waals surface area contributed by atoms with Crippen molar-refractivity contribution in [1.29, 1.82) is 0 Å². The van der Waals surface area contributed by atoms with E-state index in [1.54, 1.807) is 0 Å². The third-order valence-corrected chi connectivity index (χ3v) is 2.96. The number of aliphatic hydroxyl groups is 1. The summed E-state index contributed by atoms with van der Waals surface area (Å²) in [6.45, 7) is 4.43. The van der Waals surface area contributed by atoms with Gasteiger partial charge in [0.1, 0.15) is 0 Å². The van der Waals surface area contributed by atoms with Crippen molar-refractivity contribution in [2.75, 3.05) is 6.61 Å². The van der Waals surface area contributed by atoms with E-state index in [0.29, 0.717) is 5.92 Å². The summed E-state index contributed by atoms with van der Waals surface area (Å²) in [6, 6.07) is 0.109. The minimum atomic E-state index is -0.0613. The summed E-state index contributed by atoms with van der Waals surface area (Å²) in [5.41, 5.74) is 6.01. The van der Waals surface area contributed by atoms with Crippen molar-refractivity contribution < 1.29 is 5.11 Å². The number of hydrogen-bond acceptors (Lipinski definition) is 2. The highest BCUT2D eigenvalue weighted by Gasteiger charge is 2.37. The van der Waals surface area contributed by atoms with Gasteiger partial charge in [0.05, 0.1) is 6.61 Å². The van der Waals surface area contributed by atoms with Gasteiger partial charge in [-0.3, -0.25) is 0 Å². The molecule has 0 spiro atoms. The number of hydrogen-bond donors (Lipinski definition) is 2. The molecule has 0 aliphatic heterocycles. The maximum atomic E-state index is 9.32. The summed E-state index contributed by atoms with van der Waals surface area (Å²) in [4.78, 5) is 0. The second-order valence-electron chi connectivity index (χ2n) is 4.17. The zero-order valence-electron chi connectivity index (χ0n) is 7.96. The summed E-state index contributed by atoms with van der Waals surface area (Å²) in [5, 5.41) is 9.32. The molecule has 0 heterocycles. The molecule has 0 fully saturated rings. The van der Waals surface area contributed by atoms with Crippen molar-refractivity contribution in [3.05, 3.63) is 12.2 Å². The zero-order chi connectivity index (χ0) is 9.19. The molecule has 1 atom stereocenters. The fourth-order valence-corrected chi connectivity index (χ4v) is 1.93. The van der Waals surface area contributed by atoms with Crippen LogP contribution in [0.5, 0.6) is 0 Å². The second-order valence-corrected chi connectivity index (χ2v) is 4.17. The third-order valence-electron chi connectivity index (χ3n) is 2.96. The predicted octanol–water partition coefficient (Wildman–Crippen LogP) is 1.30. The van der Waals surface area contributed by atoms with Gasteiger partial charge in [0.2, 0.25) is 0 Å². The minimum Gasteiger partial charge on any atom is -0.396 e. The molecule has 0 saturated carbocycles. The van der Waals surface area contributed by atoms with Gasteiger partial charge in [-0.05, 0) is 18.8 Å². The molecule has 12 heavy (non-hydrogen) atoms. The van der Waals surface area contributed by atoms with Crippen LogP contribution in [0, 0.1) is 11.3 Å². The molecule has 1 aliphatic carbocycles. The Morgan fingerprint density at radius 2 is 1.92 bits per heavy atom. The lowest BCUT2D eigenvalue weighted by molar-refractivity contribution is 0.0897. The summed E-state index contributed by atoms with van der Waals surface area (Å²) in [6.07, 6.45) is 6.11. The Morgan fingerprint density at radius 1 is 1.42 bits per heavy atom. The fraction of sp³-hybridized carbons (Fsp3) is 0.800. The number of nitrogens with two attached hydrogens (primary N) is 1. The quantitative estimate of drug-likeness (QED) is 0.625. The van der Waals surface area contributed by atoms with Crippen LogP contribution in [0.4, 0.5) is 0 Å². The average molecular weight is 169 g/mol. The average Bonchev–Trinajstić information content (AvgIpc) is 2.52. The van der Waals surface area contributed by atoms with Gasteiger partial charge in [-0.15, -0.1) is 0 Å². The van der Waals surface area contributed by atoms with Crippen molar-refractivity contribution in [2.24, 2.45) is 17.1 Å². The van der Waals surface area contributed by atoms with Crippen LogP contribution in [0.1, 0.15) is 26.7 Å². The first-order chi connectivity index (χ1) is 5.62. The van der Waals surface area contributed by atoms with Crippen LogP contribution < -0.4 is 5.73 Å². The fourth-order valence-electron chi connectivity index (χ4n) is 1.93. The smallest absolute Gasteiger partial charge is 0.0508 e. The highest BCUT2D eigenvalue weighted by molar-refractivity contribution is 5.07. The molecule has 2 heteroatoms. The van der Waals surface area contributed by atoms with Crippen LogP contribution in [0.15, 0.2) is 12.2 Å². The largest absolute Gasteiger partial charge is 0.396 e. The second kappa shape index (κ2) is 3.58. The van der Waals surface area contributed by atoms with Gasteiger partial charge in [0.25, 0.3) is 0 Å². The van der Waals surface area contributed by atoms with Crippen molar-refractivity contribution in [3.8, 4) is 0 Å². The standard InChI is InChI=1S/C10H19NO/c1-8(2)9(11)10(7-12)5-3-4-6-10/h3-4,8-9,12H,5-7,11H2,1-2H3/t9-/m1/s1. The van der Waals surface area contributed by atoms with E-state index in [0.717, 1.165) is 12.8 Å². The van der Waals surface area contributed by atoms with E-state index in [1.165, 1.54) is 0 Å². The molecule has 70 valence electrons. The van der Waals surface area contributed by atoms with Crippen LogP contribution in [-0.2, 0) is 0 Å². The summed E-state index contributed by atoms with van der Waals surface area (Å²) >= 11 is 0. The Hall–Kier alpha value is -0.340. The normalized spacial score (nSPS) is 23.4. The molecule has 0 radical (unpaired) electrons. The third kappa shape index (κ3) is 1.54. The van der Waals surface area contributed by atoms with Crippen LogP contribution in [-0.4, -0.2) is 17.8 Å². The molecule has 1 rings (SSSR count). The van der Waals surface area contributed by atoms with E-state index in [2.05, 4.69) is 26.0 Å². The van der Waals surface area contributed by atoms with E-state index in [-0.39, 0.29) is 18.1 Å². The zero-order valence-corrected chi connectivity index (χ0v) is 7.96. The lowest BCUT2D eigenvalue weighted by Crippen LogP contribution is -2.46. The molecule has 0 bridgehead atoms. The molecule has 0 unspecified atom stereocenters. The lowest BCUT2D eigenvalue weighted by atomic mass is 9.74. The van der Waals surface area contributed by atoms with Crippen molar-refractivity contribution in [1.82, 2.24) is 0 Å². The van der Waals surface area contributed by atoms with Gasteiger partial charge in [-0.1, -0.05) is 26.0 Å². The molecule has 1 aliphatic rings. The number of rotatable bonds is 3. The maximum Gasteiger partial charge on any atom is 0.0508 e. The monoisotopic (exact) mass is 169 g/mol. The molecule has 0 aromatic carbocycles. The Bertz CT molecular complexity index is 167. The molecule has 0 amide bonds. The highest BCUT2D eigenvalue weighted by Crippen LogP contribution is 2.37. The van der Waals surface area contributed by atoms with Crippen LogP contribution in [0.25, 0.3) is 0 Å². The molecule has 0 aromatic heterocycles. The first kappa shape index (κ1) is 9.75. The highest BCUT2D eigenvalue weighted by atomic mass is 16.3. The molecule has 3 N–H and O–H groups in total. The first-order valence-electron chi connectivity index (χ1n) is 4.64. The van der Waals surface area contributed by atoms with Crippen LogP contribution >= 0.6 is 0 Å². The lowest BCUT2D eigenvalue weighted by Gasteiger charge is -2.35. The van der Waals surface area contributed by atoms with E-state index in [4.69, 9.17) is 5.73 Å². The molecule has 2 nitrogen and oxygen atoms in total. The number of aliphatic hydroxyl groups excluding tert-OH is 1. The summed E-state index contributed by atoms with van der Waals surface area (Å²) in [7, 11) is 0. The predicted molar refractivity (Wildman–Crippen MR) is 50.7 cm³/mol. The van der Waals surface area contributed by atoms with Gasteiger partial charge < -0.3 is 10.8 Å². The van der Waals surface area contributed by atoms with Crippen LogP contribution in [0.3, 0.4) is 0 Å². The molecular formula is C10H19NO. The molecule has 0 aromatic rings. The molecule has 0 saturated heterocycles. The van der Waals surface area contributed by atoms with Crippen molar-refractivity contribution >= 4 is 0 Å². The van der Waals surface area contributed by atoms with E-state index in [9.17, 15) is 5.11 Å². The number of allylic oxidation sites excluding steroid dienone is 2. The van der Waals surface area contributed by atoms with Gasteiger partial charge in [0, 0.05) is 11.5 Å². The topological polar surface area (TPSA) is 46.2 Å². The van der Waals surface area contributed by atoms with E-state index < -0.39 is 0 Å². The van der Waals surface area contributed by atoms with Crippen LogP contribution in [0.2, 0.25) is 0 Å². The maximum absolute atomic E-state index is 9.32. The summed E-state index contributed by atoms with van der Waals surface area (Å²) in [5.74, 6) is 0.442.